The molecule has 0 saturated carbocycles. The van der Waals surface area contributed by atoms with Crippen LogP contribution in [-0.4, -0.2) is 57.0 Å². The lowest BCUT2D eigenvalue weighted by molar-refractivity contribution is -0.119. The highest BCUT2D eigenvalue weighted by molar-refractivity contribution is 7.99. The molecule has 6 nitrogen and oxygen atoms in total. The van der Waals surface area contributed by atoms with Crippen molar-refractivity contribution in [2.45, 2.75) is 63.2 Å². The number of hydrogen-bond acceptors (Lipinski definition) is 5. The zero-order chi connectivity index (χ0) is 16.1. The number of amides is 1. The molecule has 0 aromatic carbocycles. The summed E-state index contributed by atoms with van der Waals surface area (Å²) >= 11 is 1.52. The third-order valence-electron chi connectivity index (χ3n) is 4.81. The molecule has 23 heavy (non-hydrogen) atoms. The quantitative estimate of drug-likeness (QED) is 0.829. The summed E-state index contributed by atoms with van der Waals surface area (Å²) in [6, 6.07) is 0.335. The molecule has 0 spiro atoms. The number of carbonyl (C=O) groups excluding carboxylic acids is 1. The molecule has 1 N–H and O–H groups in total. The lowest BCUT2D eigenvalue weighted by Gasteiger charge is -2.31. The van der Waals surface area contributed by atoms with Gasteiger partial charge in [-0.2, -0.15) is 0 Å². The monoisotopic (exact) mass is 337 g/mol. The first-order valence-corrected chi connectivity index (χ1v) is 9.81. The van der Waals surface area contributed by atoms with Gasteiger partial charge in [0.25, 0.3) is 0 Å². The molecule has 2 aliphatic heterocycles. The van der Waals surface area contributed by atoms with Crippen LogP contribution >= 0.6 is 11.8 Å². The van der Waals surface area contributed by atoms with E-state index in [0.29, 0.717) is 11.8 Å². The largest absolute Gasteiger partial charge is 0.353 e. The summed E-state index contributed by atoms with van der Waals surface area (Å²) in [6.45, 7) is 6.46. The van der Waals surface area contributed by atoms with Gasteiger partial charge in [-0.25, -0.2) is 0 Å². The van der Waals surface area contributed by atoms with Gasteiger partial charge in [-0.15, -0.1) is 10.2 Å². The molecule has 128 valence electrons. The Hall–Kier alpha value is -1.08. The van der Waals surface area contributed by atoms with E-state index in [4.69, 9.17) is 0 Å². The van der Waals surface area contributed by atoms with Crippen LogP contribution in [0.2, 0.25) is 0 Å². The summed E-state index contributed by atoms with van der Waals surface area (Å²) in [4.78, 5) is 14.6. The molecule has 3 rings (SSSR count). The van der Waals surface area contributed by atoms with Gasteiger partial charge in [-0.3, -0.25) is 4.79 Å². The van der Waals surface area contributed by atoms with E-state index in [-0.39, 0.29) is 5.91 Å². The van der Waals surface area contributed by atoms with E-state index in [2.05, 4.69) is 31.9 Å². The molecule has 1 fully saturated rings. The lowest BCUT2D eigenvalue weighted by atomic mass is 10.1. The van der Waals surface area contributed by atoms with Gasteiger partial charge in [-0.05, 0) is 32.2 Å². The van der Waals surface area contributed by atoms with Crippen LogP contribution in [0.4, 0.5) is 0 Å². The minimum Gasteiger partial charge on any atom is -0.353 e. The normalized spacial score (nSPS) is 20.0. The van der Waals surface area contributed by atoms with Crippen molar-refractivity contribution in [3.8, 4) is 0 Å². The molecule has 1 saturated heterocycles. The Morgan fingerprint density at radius 1 is 1.22 bits per heavy atom. The SMILES string of the molecule is CCN1CCC(NC(=O)CSc2nnc3n2CCCCC3)CC1. The Morgan fingerprint density at radius 3 is 2.83 bits per heavy atom. The molecule has 7 heteroatoms. The third kappa shape index (κ3) is 4.47. The van der Waals surface area contributed by atoms with E-state index in [1.807, 2.05) is 0 Å². The maximum Gasteiger partial charge on any atom is 0.230 e. The number of fused-ring (bicyclic) bond motifs is 1. The molecule has 0 unspecified atom stereocenters. The number of thioether (sulfide) groups is 1. The fourth-order valence-electron chi connectivity index (χ4n) is 3.36. The van der Waals surface area contributed by atoms with Crippen LogP contribution in [0.1, 0.15) is 44.9 Å². The smallest absolute Gasteiger partial charge is 0.230 e. The van der Waals surface area contributed by atoms with Gasteiger partial charge >= 0.3 is 0 Å². The van der Waals surface area contributed by atoms with E-state index in [0.717, 1.165) is 56.4 Å². The number of carbonyl (C=O) groups is 1. The Kier molecular flexibility index (Phi) is 5.94. The zero-order valence-corrected chi connectivity index (χ0v) is 14.8. The van der Waals surface area contributed by atoms with Crippen molar-refractivity contribution in [2.24, 2.45) is 0 Å². The summed E-state index contributed by atoms with van der Waals surface area (Å²) in [5.41, 5.74) is 0. The van der Waals surface area contributed by atoms with Crippen molar-refractivity contribution in [3.63, 3.8) is 0 Å². The van der Waals surface area contributed by atoms with E-state index in [9.17, 15) is 4.79 Å². The highest BCUT2D eigenvalue weighted by Gasteiger charge is 2.20. The number of nitrogens with zero attached hydrogens (tertiary/aromatic N) is 4. The predicted octanol–water partition coefficient (Wildman–Crippen LogP) is 1.70. The van der Waals surface area contributed by atoms with Gasteiger partial charge in [0.05, 0.1) is 5.75 Å². The molecule has 0 radical (unpaired) electrons. The summed E-state index contributed by atoms with van der Waals surface area (Å²) in [6.07, 6.45) is 6.76. The van der Waals surface area contributed by atoms with Gasteiger partial charge < -0.3 is 14.8 Å². The fourth-order valence-corrected chi connectivity index (χ4v) is 4.15. The minimum atomic E-state index is 0.121. The molecule has 1 amide bonds. The van der Waals surface area contributed by atoms with Crippen molar-refractivity contribution in [2.75, 3.05) is 25.4 Å². The number of hydrogen-bond donors (Lipinski definition) is 1. The average Bonchev–Trinajstić information content (AvgIpc) is 2.80. The van der Waals surface area contributed by atoms with Crippen molar-refractivity contribution >= 4 is 17.7 Å². The van der Waals surface area contributed by atoms with E-state index in [1.54, 1.807) is 0 Å². The van der Waals surface area contributed by atoms with Crippen LogP contribution in [-0.2, 0) is 17.8 Å². The Balaban J connectivity index is 1.45. The first kappa shape index (κ1) is 16.8. The second-order valence-corrected chi connectivity index (χ2v) is 7.37. The summed E-state index contributed by atoms with van der Waals surface area (Å²) in [5, 5.41) is 12.6. The molecule has 0 atom stereocenters. The lowest BCUT2D eigenvalue weighted by Crippen LogP contribution is -2.45. The van der Waals surface area contributed by atoms with Crippen molar-refractivity contribution < 1.29 is 4.79 Å². The first-order valence-electron chi connectivity index (χ1n) is 8.83. The van der Waals surface area contributed by atoms with Crippen LogP contribution in [0, 0.1) is 0 Å². The molecular weight excluding hydrogens is 310 g/mol. The predicted molar refractivity (Wildman–Crippen MR) is 91.6 cm³/mol. The number of likely N-dealkylation sites (tertiary alicyclic amines) is 1. The van der Waals surface area contributed by atoms with Gasteiger partial charge in [0.2, 0.25) is 5.91 Å². The summed E-state index contributed by atoms with van der Waals surface area (Å²) in [7, 11) is 0. The molecule has 1 aromatic heterocycles. The highest BCUT2D eigenvalue weighted by Crippen LogP contribution is 2.21. The van der Waals surface area contributed by atoms with Crippen molar-refractivity contribution in [3.05, 3.63) is 5.82 Å². The molecule has 2 aliphatic rings. The third-order valence-corrected chi connectivity index (χ3v) is 5.77. The van der Waals surface area contributed by atoms with Crippen LogP contribution < -0.4 is 5.32 Å². The van der Waals surface area contributed by atoms with Crippen molar-refractivity contribution in [1.29, 1.82) is 0 Å². The summed E-state index contributed by atoms with van der Waals surface area (Å²) in [5.74, 6) is 1.64. The topological polar surface area (TPSA) is 63.1 Å². The molecule has 3 heterocycles. The van der Waals surface area contributed by atoms with Crippen molar-refractivity contribution in [1.82, 2.24) is 25.0 Å². The number of rotatable bonds is 5. The van der Waals surface area contributed by atoms with Gasteiger partial charge in [-0.1, -0.05) is 25.1 Å². The Labute approximate surface area is 142 Å². The molecule has 1 aromatic rings. The molecule has 0 bridgehead atoms. The molecular formula is C16H27N5OS. The van der Waals surface area contributed by atoms with Gasteiger partial charge in [0.1, 0.15) is 5.82 Å². The number of nitrogens with one attached hydrogen (secondary N) is 1. The highest BCUT2D eigenvalue weighted by atomic mass is 32.2. The van der Waals surface area contributed by atoms with E-state index in [1.165, 1.54) is 31.0 Å². The molecule has 0 aliphatic carbocycles. The Morgan fingerprint density at radius 2 is 2.04 bits per heavy atom. The zero-order valence-electron chi connectivity index (χ0n) is 14.0. The number of aryl methyl sites for hydroxylation is 1. The second-order valence-electron chi connectivity index (χ2n) is 6.43. The van der Waals surface area contributed by atoms with Gasteiger partial charge in [0, 0.05) is 32.1 Å². The maximum absolute atomic E-state index is 12.2. The van der Waals surface area contributed by atoms with Crippen LogP contribution in [0.5, 0.6) is 0 Å². The number of aromatic nitrogens is 3. The van der Waals surface area contributed by atoms with Crippen LogP contribution in [0.3, 0.4) is 0 Å². The van der Waals surface area contributed by atoms with E-state index >= 15 is 0 Å². The maximum atomic E-state index is 12.2. The first-order chi connectivity index (χ1) is 11.3. The van der Waals surface area contributed by atoms with E-state index < -0.39 is 0 Å². The Bertz CT molecular complexity index is 525. The summed E-state index contributed by atoms with van der Waals surface area (Å²) < 4.78 is 2.20. The van der Waals surface area contributed by atoms with Crippen LogP contribution in [0.15, 0.2) is 5.16 Å². The minimum absolute atomic E-state index is 0.121. The fraction of sp³-hybridized carbons (Fsp3) is 0.812. The second kappa shape index (κ2) is 8.15. The van der Waals surface area contributed by atoms with Crippen LogP contribution in [0.25, 0.3) is 0 Å². The van der Waals surface area contributed by atoms with Gasteiger partial charge in [0.15, 0.2) is 5.16 Å². The standard InChI is InChI=1S/C16H27N5OS/c1-2-20-10-7-13(8-11-20)17-15(22)12-23-16-19-18-14-6-4-3-5-9-21(14)16/h13H,2-12H2,1H3,(H,17,22). The average molecular weight is 337 g/mol. The number of piperidine rings is 1.